The second kappa shape index (κ2) is 4.00. The second-order valence-corrected chi connectivity index (χ2v) is 3.23. The molecule has 1 nitrogen and oxygen atoms in total. The van der Waals surface area contributed by atoms with E-state index in [-0.39, 0.29) is 5.92 Å². The molecule has 0 saturated carbocycles. The van der Waals surface area contributed by atoms with Gasteiger partial charge in [-0.15, -0.1) is 0 Å². The van der Waals surface area contributed by atoms with Crippen LogP contribution < -0.4 is 0 Å². The van der Waals surface area contributed by atoms with Crippen molar-refractivity contribution in [2.24, 2.45) is 5.92 Å². The number of rotatable bonds is 4. The van der Waals surface area contributed by atoms with Gasteiger partial charge in [-0.25, -0.2) is 8.78 Å². The van der Waals surface area contributed by atoms with Crippen molar-refractivity contribution in [3.05, 3.63) is 0 Å². The Bertz CT molecular complexity index is 109. The van der Waals surface area contributed by atoms with E-state index in [2.05, 4.69) is 0 Å². The molecular formula is C8H16F2O. The van der Waals surface area contributed by atoms with Gasteiger partial charge in [-0.1, -0.05) is 20.3 Å². The predicted octanol–water partition coefficient (Wildman–Crippen LogP) is 2.44. The van der Waals surface area contributed by atoms with Crippen LogP contribution in [0.5, 0.6) is 0 Å². The molecule has 0 heterocycles. The third kappa shape index (κ3) is 5.13. The number of aliphatic hydroxyl groups is 1. The Hall–Kier alpha value is -0.180. The maximum Gasteiger partial charge on any atom is 0.247 e. The van der Waals surface area contributed by atoms with Gasteiger partial charge in [-0.3, -0.25) is 0 Å². The van der Waals surface area contributed by atoms with Crippen LogP contribution in [-0.2, 0) is 0 Å². The van der Waals surface area contributed by atoms with E-state index < -0.39 is 18.4 Å². The second-order valence-electron chi connectivity index (χ2n) is 3.23. The zero-order valence-electron chi connectivity index (χ0n) is 7.27. The molecule has 0 amide bonds. The van der Waals surface area contributed by atoms with E-state index in [0.29, 0.717) is 0 Å². The zero-order valence-corrected chi connectivity index (χ0v) is 7.27. The van der Waals surface area contributed by atoms with Crippen LogP contribution in [0.1, 0.15) is 33.6 Å². The summed E-state index contributed by atoms with van der Waals surface area (Å²) < 4.78 is 24.6. The van der Waals surface area contributed by atoms with Gasteiger partial charge in [-0.05, 0) is 12.8 Å². The summed E-state index contributed by atoms with van der Waals surface area (Å²) in [5, 5.41) is 9.17. The van der Waals surface area contributed by atoms with Gasteiger partial charge in [0, 0.05) is 6.42 Å². The minimum atomic E-state index is -2.75. The lowest BCUT2D eigenvalue weighted by Crippen LogP contribution is -2.25. The highest BCUT2D eigenvalue weighted by Crippen LogP contribution is 2.23. The molecule has 2 atom stereocenters. The summed E-state index contributed by atoms with van der Waals surface area (Å²) in [7, 11) is 0. The Balaban J connectivity index is 3.77. The predicted molar refractivity (Wildman–Crippen MR) is 40.7 cm³/mol. The van der Waals surface area contributed by atoms with Crippen LogP contribution >= 0.6 is 0 Å². The van der Waals surface area contributed by atoms with Gasteiger partial charge in [0.2, 0.25) is 5.92 Å². The van der Waals surface area contributed by atoms with E-state index in [1.54, 1.807) is 6.92 Å². The van der Waals surface area contributed by atoms with Crippen LogP contribution in [0.2, 0.25) is 0 Å². The van der Waals surface area contributed by atoms with Crippen LogP contribution in [0.4, 0.5) is 8.78 Å². The molecule has 0 fully saturated rings. The Morgan fingerprint density at radius 3 is 2.18 bits per heavy atom. The van der Waals surface area contributed by atoms with Gasteiger partial charge >= 0.3 is 0 Å². The van der Waals surface area contributed by atoms with Crippen LogP contribution in [0.3, 0.4) is 0 Å². The highest BCUT2D eigenvalue weighted by Gasteiger charge is 2.27. The van der Waals surface area contributed by atoms with Gasteiger partial charge < -0.3 is 5.11 Å². The number of alkyl halides is 2. The van der Waals surface area contributed by atoms with Crippen molar-refractivity contribution < 1.29 is 13.9 Å². The molecule has 0 aliphatic heterocycles. The van der Waals surface area contributed by atoms with Crippen LogP contribution in [0, 0.1) is 5.92 Å². The fourth-order valence-electron chi connectivity index (χ4n) is 0.840. The molecule has 0 aromatic rings. The van der Waals surface area contributed by atoms with E-state index >= 15 is 0 Å². The Labute approximate surface area is 66.4 Å². The highest BCUT2D eigenvalue weighted by molar-refractivity contribution is 4.70. The quantitative estimate of drug-likeness (QED) is 0.680. The van der Waals surface area contributed by atoms with Crippen molar-refractivity contribution in [2.45, 2.75) is 45.6 Å². The summed E-state index contributed by atoms with van der Waals surface area (Å²) in [6.07, 6.45) is -0.570. The molecule has 68 valence electrons. The molecule has 0 aliphatic carbocycles. The first-order valence-corrected chi connectivity index (χ1v) is 3.92. The van der Waals surface area contributed by atoms with Crippen molar-refractivity contribution in [2.75, 3.05) is 0 Å². The molecule has 0 aromatic heterocycles. The molecular weight excluding hydrogens is 150 g/mol. The van der Waals surface area contributed by atoms with Crippen LogP contribution in [0.15, 0.2) is 0 Å². The van der Waals surface area contributed by atoms with Gasteiger partial charge in [0.1, 0.15) is 0 Å². The summed E-state index contributed by atoms with van der Waals surface area (Å²) in [5.41, 5.74) is 0. The number of halogens is 2. The number of hydrogen-bond acceptors (Lipinski definition) is 1. The van der Waals surface area contributed by atoms with Gasteiger partial charge in [0.15, 0.2) is 0 Å². The Morgan fingerprint density at radius 2 is 1.91 bits per heavy atom. The lowest BCUT2D eigenvalue weighted by atomic mass is 9.97. The lowest BCUT2D eigenvalue weighted by Gasteiger charge is -2.20. The Morgan fingerprint density at radius 1 is 1.45 bits per heavy atom. The fraction of sp³-hybridized carbons (Fsp3) is 1.00. The van der Waals surface area contributed by atoms with Gasteiger partial charge in [0.25, 0.3) is 0 Å². The van der Waals surface area contributed by atoms with E-state index in [1.165, 1.54) is 0 Å². The topological polar surface area (TPSA) is 20.2 Å². The largest absolute Gasteiger partial charge is 0.393 e. The van der Waals surface area contributed by atoms with E-state index in [0.717, 1.165) is 13.3 Å². The average molecular weight is 166 g/mol. The molecule has 0 radical (unpaired) electrons. The van der Waals surface area contributed by atoms with Crippen LogP contribution in [0.25, 0.3) is 0 Å². The Kier molecular flexibility index (Phi) is 3.93. The summed E-state index contributed by atoms with van der Waals surface area (Å²) >= 11 is 0. The van der Waals surface area contributed by atoms with Gasteiger partial charge in [-0.2, -0.15) is 0 Å². The standard InChI is InChI=1S/C8H16F2O/c1-4-6(2)7(11)5-8(3,9)10/h6-7,11H,4-5H2,1-3H3. The maximum atomic E-state index is 12.3. The van der Waals surface area contributed by atoms with Gasteiger partial charge in [0.05, 0.1) is 6.10 Å². The molecule has 0 saturated heterocycles. The third-order valence-corrected chi connectivity index (χ3v) is 1.87. The van der Waals surface area contributed by atoms with Crippen LogP contribution in [-0.4, -0.2) is 17.1 Å². The molecule has 0 aliphatic rings. The molecule has 0 rings (SSSR count). The summed E-state index contributed by atoms with van der Waals surface area (Å²) in [4.78, 5) is 0. The van der Waals surface area contributed by atoms with Crippen molar-refractivity contribution in [1.29, 1.82) is 0 Å². The van der Waals surface area contributed by atoms with Crippen molar-refractivity contribution in [3.8, 4) is 0 Å². The maximum absolute atomic E-state index is 12.3. The zero-order chi connectivity index (χ0) is 9.07. The molecule has 0 aromatic carbocycles. The smallest absolute Gasteiger partial charge is 0.247 e. The number of hydrogen-bond donors (Lipinski definition) is 1. The normalized spacial score (nSPS) is 18.0. The first kappa shape index (κ1) is 10.8. The summed E-state index contributed by atoms with van der Waals surface area (Å²) in [6.45, 7) is 4.48. The molecule has 0 bridgehead atoms. The molecule has 3 heteroatoms. The lowest BCUT2D eigenvalue weighted by molar-refractivity contribution is -0.0417. The minimum Gasteiger partial charge on any atom is -0.393 e. The van der Waals surface area contributed by atoms with E-state index in [9.17, 15) is 13.9 Å². The monoisotopic (exact) mass is 166 g/mol. The van der Waals surface area contributed by atoms with E-state index in [4.69, 9.17) is 0 Å². The van der Waals surface area contributed by atoms with Crippen molar-refractivity contribution >= 4 is 0 Å². The highest BCUT2D eigenvalue weighted by atomic mass is 19.3. The first-order valence-electron chi connectivity index (χ1n) is 3.92. The number of aliphatic hydroxyl groups excluding tert-OH is 1. The molecule has 0 spiro atoms. The van der Waals surface area contributed by atoms with E-state index in [1.807, 2.05) is 6.92 Å². The minimum absolute atomic E-state index is 0.0409. The van der Waals surface area contributed by atoms with Crippen molar-refractivity contribution in [1.82, 2.24) is 0 Å². The molecule has 2 unspecified atom stereocenters. The summed E-state index contributed by atoms with van der Waals surface area (Å²) in [6, 6.07) is 0. The fourth-order valence-corrected chi connectivity index (χ4v) is 0.840. The SMILES string of the molecule is CCC(C)C(O)CC(C)(F)F. The molecule has 11 heavy (non-hydrogen) atoms. The summed E-state index contributed by atoms with van der Waals surface area (Å²) in [5.74, 6) is -2.79. The first-order chi connectivity index (χ1) is 4.87. The average Bonchev–Trinajstić information content (AvgIpc) is 1.82. The van der Waals surface area contributed by atoms with Crippen molar-refractivity contribution in [3.63, 3.8) is 0 Å². The molecule has 1 N–H and O–H groups in total. The third-order valence-electron chi connectivity index (χ3n) is 1.87.